The van der Waals surface area contributed by atoms with E-state index in [4.69, 9.17) is 11.6 Å². The van der Waals surface area contributed by atoms with Crippen LogP contribution in [0.1, 0.15) is 29.5 Å². The third-order valence-electron chi connectivity index (χ3n) is 4.60. The second kappa shape index (κ2) is 7.08. The van der Waals surface area contributed by atoms with Crippen LogP contribution in [0.4, 0.5) is 5.82 Å². The summed E-state index contributed by atoms with van der Waals surface area (Å²) >= 11 is 7.62. The zero-order valence-electron chi connectivity index (χ0n) is 14.1. The number of nitrogens with one attached hydrogen (secondary N) is 1. The van der Waals surface area contributed by atoms with Crippen LogP contribution in [0.15, 0.2) is 42.9 Å². The highest BCUT2D eigenvalue weighted by molar-refractivity contribution is 7.99. The molecule has 0 bridgehead atoms. The van der Waals surface area contributed by atoms with E-state index >= 15 is 0 Å². The lowest BCUT2D eigenvalue weighted by atomic mass is 10.1. The number of fused-ring (bicyclic) bond motifs is 1. The van der Waals surface area contributed by atoms with Crippen LogP contribution in [0.3, 0.4) is 0 Å². The van der Waals surface area contributed by atoms with E-state index in [0.29, 0.717) is 22.2 Å². The Balaban J connectivity index is 1.65. The lowest BCUT2D eigenvalue weighted by Gasteiger charge is -2.17. The number of benzene rings is 1. The van der Waals surface area contributed by atoms with Crippen LogP contribution in [0, 0.1) is 0 Å². The molecule has 1 saturated heterocycles. The summed E-state index contributed by atoms with van der Waals surface area (Å²) in [4.78, 5) is 8.92. The fourth-order valence-electron chi connectivity index (χ4n) is 3.18. The molecule has 4 rings (SSSR count). The standard InChI is InChI=1S/C18H19ClN4O2S/c1-10(11-3-2-4-12(19)7-11)22-17-18-21-8-13(23(18)6-5-20-17)16-15(25)14(24)9-26-16/h2-8,10,14-16,24-25H,9H2,1H3,(H,20,22)/t10?,14-,15-,16+/m1/s1. The molecule has 3 aromatic rings. The maximum absolute atomic E-state index is 10.2. The van der Waals surface area contributed by atoms with Gasteiger partial charge in [-0.25, -0.2) is 9.97 Å². The number of imidazole rings is 1. The Kier molecular flexibility index (Phi) is 4.79. The number of aromatic nitrogens is 3. The first-order chi connectivity index (χ1) is 12.5. The molecule has 136 valence electrons. The van der Waals surface area contributed by atoms with Crippen LogP contribution in [0.5, 0.6) is 0 Å². The molecule has 0 radical (unpaired) electrons. The molecular weight excluding hydrogens is 372 g/mol. The number of anilines is 1. The van der Waals surface area contributed by atoms with E-state index < -0.39 is 12.2 Å². The maximum atomic E-state index is 10.2. The number of hydrogen-bond donors (Lipinski definition) is 3. The van der Waals surface area contributed by atoms with Gasteiger partial charge in [0.25, 0.3) is 0 Å². The zero-order valence-corrected chi connectivity index (χ0v) is 15.7. The van der Waals surface area contributed by atoms with Gasteiger partial charge in [-0.15, -0.1) is 11.8 Å². The number of halogens is 1. The van der Waals surface area contributed by atoms with E-state index in [1.165, 1.54) is 11.8 Å². The van der Waals surface area contributed by atoms with Gasteiger partial charge in [0.15, 0.2) is 11.5 Å². The van der Waals surface area contributed by atoms with E-state index in [1.807, 2.05) is 41.8 Å². The Labute approximate surface area is 160 Å². The molecule has 8 heteroatoms. The minimum absolute atomic E-state index is 0.000757. The number of aliphatic hydroxyl groups is 2. The van der Waals surface area contributed by atoms with Gasteiger partial charge in [-0.2, -0.15) is 0 Å². The van der Waals surface area contributed by atoms with Gasteiger partial charge in [-0.05, 0) is 24.6 Å². The second-order valence-electron chi connectivity index (χ2n) is 6.39. The van der Waals surface area contributed by atoms with Crippen LogP contribution in [0.25, 0.3) is 5.65 Å². The van der Waals surface area contributed by atoms with E-state index in [1.54, 1.807) is 12.4 Å². The lowest BCUT2D eigenvalue weighted by molar-refractivity contribution is 0.0411. The molecular formula is C18H19ClN4O2S. The summed E-state index contributed by atoms with van der Waals surface area (Å²) in [5.41, 5.74) is 2.60. The molecule has 4 atom stereocenters. The fourth-order valence-corrected chi connectivity index (χ4v) is 4.70. The smallest absolute Gasteiger partial charge is 0.180 e. The van der Waals surface area contributed by atoms with Crippen LogP contribution in [0.2, 0.25) is 5.02 Å². The highest BCUT2D eigenvalue weighted by atomic mass is 35.5. The van der Waals surface area contributed by atoms with Crippen molar-refractivity contribution in [3.05, 3.63) is 59.1 Å². The Hall–Kier alpha value is -1.80. The minimum atomic E-state index is -0.796. The van der Waals surface area contributed by atoms with Gasteiger partial charge in [-0.1, -0.05) is 23.7 Å². The molecule has 3 N–H and O–H groups in total. The summed E-state index contributed by atoms with van der Waals surface area (Å²) in [5.74, 6) is 1.17. The average Bonchev–Trinajstić information content (AvgIpc) is 3.19. The topological polar surface area (TPSA) is 82.7 Å². The number of aliphatic hydroxyl groups excluding tert-OH is 2. The van der Waals surface area contributed by atoms with E-state index in [-0.39, 0.29) is 11.3 Å². The van der Waals surface area contributed by atoms with Gasteiger partial charge in [0.05, 0.1) is 35.4 Å². The molecule has 1 aliphatic heterocycles. The largest absolute Gasteiger partial charge is 0.390 e. The van der Waals surface area contributed by atoms with E-state index in [9.17, 15) is 10.2 Å². The van der Waals surface area contributed by atoms with Crippen LogP contribution in [-0.2, 0) is 0 Å². The molecule has 2 aromatic heterocycles. The van der Waals surface area contributed by atoms with E-state index in [2.05, 4.69) is 15.3 Å². The Morgan fingerprint density at radius 3 is 2.92 bits per heavy atom. The van der Waals surface area contributed by atoms with Crippen molar-refractivity contribution in [3.8, 4) is 0 Å². The summed E-state index contributed by atoms with van der Waals surface area (Å²) in [6.45, 7) is 2.04. The molecule has 6 nitrogen and oxygen atoms in total. The number of rotatable bonds is 4. The fraction of sp³-hybridized carbons (Fsp3) is 0.333. The minimum Gasteiger partial charge on any atom is -0.390 e. The Morgan fingerprint density at radius 2 is 2.19 bits per heavy atom. The summed E-state index contributed by atoms with van der Waals surface area (Å²) in [7, 11) is 0. The zero-order chi connectivity index (χ0) is 18.3. The Bertz CT molecular complexity index is 934. The number of nitrogens with zero attached hydrogens (tertiary/aromatic N) is 3. The molecule has 0 saturated carbocycles. The third kappa shape index (κ3) is 3.16. The van der Waals surface area contributed by atoms with Gasteiger partial charge in [0.1, 0.15) is 0 Å². The molecule has 26 heavy (non-hydrogen) atoms. The molecule has 0 amide bonds. The van der Waals surface area contributed by atoms with Gasteiger partial charge in [0.2, 0.25) is 0 Å². The predicted octanol–water partition coefficient (Wildman–Crippen LogP) is 3.07. The first-order valence-corrected chi connectivity index (χ1v) is 9.79. The normalized spacial score (nSPS) is 24.1. The van der Waals surface area contributed by atoms with Crippen molar-refractivity contribution < 1.29 is 10.2 Å². The van der Waals surface area contributed by atoms with Crippen molar-refractivity contribution in [1.29, 1.82) is 0 Å². The molecule has 1 fully saturated rings. The molecule has 0 spiro atoms. The quantitative estimate of drug-likeness (QED) is 0.635. The molecule has 0 aliphatic carbocycles. The highest BCUT2D eigenvalue weighted by Crippen LogP contribution is 2.40. The van der Waals surface area contributed by atoms with Crippen molar-refractivity contribution in [3.63, 3.8) is 0 Å². The highest BCUT2D eigenvalue weighted by Gasteiger charge is 2.37. The number of thioether (sulfide) groups is 1. The first kappa shape index (κ1) is 17.6. The third-order valence-corrected chi connectivity index (χ3v) is 6.25. The van der Waals surface area contributed by atoms with Crippen LogP contribution >= 0.6 is 23.4 Å². The van der Waals surface area contributed by atoms with Gasteiger partial charge >= 0.3 is 0 Å². The first-order valence-electron chi connectivity index (χ1n) is 8.36. The van der Waals surface area contributed by atoms with Crippen LogP contribution in [-0.4, -0.2) is 42.5 Å². The molecule has 3 heterocycles. The van der Waals surface area contributed by atoms with Crippen molar-refractivity contribution in [2.75, 3.05) is 11.1 Å². The van der Waals surface area contributed by atoms with Crippen molar-refractivity contribution in [2.24, 2.45) is 0 Å². The predicted molar refractivity (Wildman–Crippen MR) is 104 cm³/mol. The van der Waals surface area contributed by atoms with E-state index in [0.717, 1.165) is 11.3 Å². The van der Waals surface area contributed by atoms with Crippen molar-refractivity contribution in [2.45, 2.75) is 30.4 Å². The average molecular weight is 391 g/mol. The van der Waals surface area contributed by atoms with Crippen LogP contribution < -0.4 is 5.32 Å². The summed E-state index contributed by atoms with van der Waals surface area (Å²) in [5, 5.41) is 23.9. The molecule has 1 aromatic carbocycles. The molecule has 1 unspecified atom stereocenters. The number of hydrogen-bond acceptors (Lipinski definition) is 6. The van der Waals surface area contributed by atoms with Gasteiger partial charge in [-0.3, -0.25) is 4.40 Å². The maximum Gasteiger partial charge on any atom is 0.180 e. The monoisotopic (exact) mass is 390 g/mol. The summed E-state index contributed by atoms with van der Waals surface area (Å²) in [6, 6.07) is 7.69. The second-order valence-corrected chi connectivity index (χ2v) is 8.00. The molecule has 1 aliphatic rings. The van der Waals surface area contributed by atoms with Gasteiger partial charge in [0, 0.05) is 23.2 Å². The van der Waals surface area contributed by atoms with Crippen molar-refractivity contribution in [1.82, 2.24) is 14.4 Å². The Morgan fingerprint density at radius 1 is 1.35 bits per heavy atom. The summed E-state index contributed by atoms with van der Waals surface area (Å²) < 4.78 is 1.92. The van der Waals surface area contributed by atoms with Crippen molar-refractivity contribution >= 4 is 34.8 Å². The lowest BCUT2D eigenvalue weighted by Crippen LogP contribution is -2.25. The SMILES string of the molecule is CC(Nc1nccn2c([C@@H]3SC[C@@H](O)[C@H]3O)cnc12)c1cccc(Cl)c1. The summed E-state index contributed by atoms with van der Waals surface area (Å²) in [6.07, 6.45) is 3.76. The van der Waals surface area contributed by atoms with Gasteiger partial charge < -0.3 is 15.5 Å².